The molecule has 1 unspecified atom stereocenters. The number of fused-ring (bicyclic) bond motifs is 1. The number of ether oxygens (including phenoxy) is 1. The summed E-state index contributed by atoms with van der Waals surface area (Å²) in [6.07, 6.45) is 9.92. The lowest BCUT2D eigenvalue weighted by molar-refractivity contribution is 0.00888. The molecular formula is C22H31N7O2. The number of nitrogens with two attached hydrogens (primary N) is 1. The SMILES string of the molecule is Cn1cc(-c2cnn3c(N)cc(CCC4CCCCN4C(=O)OC(C)(C)C)nc23)cn1. The zero-order valence-corrected chi connectivity index (χ0v) is 18.7. The average molecular weight is 426 g/mol. The number of anilines is 1. The van der Waals surface area contributed by atoms with Crippen LogP contribution in [0.15, 0.2) is 24.7 Å². The number of carbonyl (C=O) groups excluding carboxylic acids is 1. The molecule has 0 spiro atoms. The van der Waals surface area contributed by atoms with E-state index in [-0.39, 0.29) is 12.1 Å². The molecule has 166 valence electrons. The van der Waals surface area contributed by atoms with Crippen molar-refractivity contribution in [1.29, 1.82) is 0 Å². The number of hydrogen-bond acceptors (Lipinski definition) is 6. The fourth-order valence-electron chi connectivity index (χ4n) is 4.11. The van der Waals surface area contributed by atoms with Gasteiger partial charge in [0.25, 0.3) is 0 Å². The summed E-state index contributed by atoms with van der Waals surface area (Å²) in [7, 11) is 1.88. The van der Waals surface area contributed by atoms with E-state index < -0.39 is 5.60 Å². The molecule has 0 saturated carbocycles. The van der Waals surface area contributed by atoms with Crippen LogP contribution in [0.3, 0.4) is 0 Å². The Balaban J connectivity index is 1.53. The number of likely N-dealkylation sites (tertiary alicyclic amines) is 1. The Morgan fingerprint density at radius 1 is 1.26 bits per heavy atom. The van der Waals surface area contributed by atoms with Gasteiger partial charge in [-0.15, -0.1) is 0 Å². The summed E-state index contributed by atoms with van der Waals surface area (Å²) in [5.41, 5.74) is 9.23. The standard InChI is InChI=1S/C22H31N7O2/c1-22(2,3)31-21(30)28-10-6-5-7-17(28)9-8-16-11-19(23)29-20(26-16)18(13-25-29)15-12-24-27(4)14-15/h11-14,17H,5-10,23H2,1-4H3. The third-order valence-electron chi connectivity index (χ3n) is 5.56. The van der Waals surface area contributed by atoms with Gasteiger partial charge in [0.2, 0.25) is 0 Å². The molecule has 0 aliphatic carbocycles. The first kappa shape index (κ1) is 21.1. The third kappa shape index (κ3) is 4.65. The Kier molecular flexibility index (Phi) is 5.60. The first-order valence-electron chi connectivity index (χ1n) is 10.8. The van der Waals surface area contributed by atoms with Crippen LogP contribution in [-0.2, 0) is 18.2 Å². The van der Waals surface area contributed by atoms with Crippen molar-refractivity contribution >= 4 is 17.6 Å². The van der Waals surface area contributed by atoms with Gasteiger partial charge in [-0.05, 0) is 52.9 Å². The van der Waals surface area contributed by atoms with Gasteiger partial charge in [-0.25, -0.2) is 9.78 Å². The zero-order valence-electron chi connectivity index (χ0n) is 18.7. The molecule has 3 aromatic rings. The Morgan fingerprint density at radius 3 is 2.77 bits per heavy atom. The number of piperidine rings is 1. The van der Waals surface area contributed by atoms with Crippen LogP contribution >= 0.6 is 0 Å². The lowest BCUT2D eigenvalue weighted by Crippen LogP contribution is -2.46. The molecule has 1 aliphatic heterocycles. The number of nitrogens with zero attached hydrogens (tertiary/aromatic N) is 6. The van der Waals surface area contributed by atoms with Crippen LogP contribution in [0.25, 0.3) is 16.8 Å². The summed E-state index contributed by atoms with van der Waals surface area (Å²) in [5, 5.41) is 8.63. The normalized spacial score (nSPS) is 17.3. The van der Waals surface area contributed by atoms with Crippen molar-refractivity contribution in [3.63, 3.8) is 0 Å². The van der Waals surface area contributed by atoms with E-state index in [2.05, 4.69) is 10.2 Å². The van der Waals surface area contributed by atoms with Crippen LogP contribution in [0.5, 0.6) is 0 Å². The quantitative estimate of drug-likeness (QED) is 0.687. The number of rotatable bonds is 4. The van der Waals surface area contributed by atoms with E-state index >= 15 is 0 Å². The van der Waals surface area contributed by atoms with Gasteiger partial charge < -0.3 is 15.4 Å². The van der Waals surface area contributed by atoms with Crippen molar-refractivity contribution in [2.45, 2.75) is 64.5 Å². The van der Waals surface area contributed by atoms with E-state index in [4.69, 9.17) is 15.5 Å². The van der Waals surface area contributed by atoms with Crippen molar-refractivity contribution < 1.29 is 9.53 Å². The summed E-state index contributed by atoms with van der Waals surface area (Å²) in [4.78, 5) is 19.4. The highest BCUT2D eigenvalue weighted by atomic mass is 16.6. The van der Waals surface area contributed by atoms with E-state index in [1.54, 1.807) is 21.6 Å². The van der Waals surface area contributed by atoms with E-state index in [1.165, 1.54) is 0 Å². The molecule has 1 saturated heterocycles. The largest absolute Gasteiger partial charge is 0.444 e. The molecule has 0 radical (unpaired) electrons. The van der Waals surface area contributed by atoms with Crippen molar-refractivity contribution in [2.24, 2.45) is 7.05 Å². The maximum absolute atomic E-state index is 12.7. The van der Waals surface area contributed by atoms with Gasteiger partial charge in [-0.2, -0.15) is 14.7 Å². The zero-order chi connectivity index (χ0) is 22.2. The van der Waals surface area contributed by atoms with Gasteiger partial charge in [0.05, 0.1) is 12.4 Å². The molecule has 31 heavy (non-hydrogen) atoms. The Hall–Kier alpha value is -3.10. The Bertz CT molecular complexity index is 1080. The summed E-state index contributed by atoms with van der Waals surface area (Å²) in [6, 6.07) is 2.01. The van der Waals surface area contributed by atoms with Crippen LogP contribution in [0.1, 0.15) is 52.1 Å². The molecule has 4 rings (SSSR count). The summed E-state index contributed by atoms with van der Waals surface area (Å²) in [6.45, 7) is 6.44. The highest BCUT2D eigenvalue weighted by Crippen LogP contribution is 2.27. The van der Waals surface area contributed by atoms with Gasteiger partial charge >= 0.3 is 6.09 Å². The Labute approximate surface area is 182 Å². The molecule has 1 fully saturated rings. The third-order valence-corrected chi connectivity index (χ3v) is 5.56. The summed E-state index contributed by atoms with van der Waals surface area (Å²) in [5.74, 6) is 0.544. The second-order valence-electron chi connectivity index (χ2n) is 9.23. The number of aromatic nitrogens is 5. The number of nitrogen functional groups attached to an aromatic ring is 1. The second-order valence-corrected chi connectivity index (χ2v) is 9.23. The average Bonchev–Trinajstić information content (AvgIpc) is 3.31. The molecule has 0 aromatic carbocycles. The van der Waals surface area contributed by atoms with Crippen LogP contribution in [0, 0.1) is 0 Å². The summed E-state index contributed by atoms with van der Waals surface area (Å²) >= 11 is 0. The monoisotopic (exact) mass is 425 g/mol. The molecule has 9 nitrogen and oxygen atoms in total. The number of aryl methyl sites for hydroxylation is 2. The van der Waals surface area contributed by atoms with E-state index in [9.17, 15) is 4.79 Å². The van der Waals surface area contributed by atoms with Gasteiger partial charge in [-0.1, -0.05) is 0 Å². The van der Waals surface area contributed by atoms with Crippen molar-refractivity contribution in [3.8, 4) is 11.1 Å². The first-order chi connectivity index (χ1) is 14.7. The molecule has 3 aromatic heterocycles. The summed E-state index contributed by atoms with van der Waals surface area (Å²) < 4.78 is 9.03. The first-order valence-corrected chi connectivity index (χ1v) is 10.8. The van der Waals surface area contributed by atoms with E-state index in [0.717, 1.165) is 61.1 Å². The number of carbonyl (C=O) groups is 1. The van der Waals surface area contributed by atoms with Crippen molar-refractivity contribution in [3.05, 3.63) is 30.4 Å². The lowest BCUT2D eigenvalue weighted by atomic mass is 9.97. The highest BCUT2D eigenvalue weighted by molar-refractivity contribution is 5.77. The van der Waals surface area contributed by atoms with Crippen LogP contribution in [-0.4, -0.2) is 53.6 Å². The van der Waals surface area contributed by atoms with Crippen molar-refractivity contribution in [1.82, 2.24) is 29.3 Å². The van der Waals surface area contributed by atoms with Gasteiger partial charge in [0.1, 0.15) is 11.4 Å². The van der Waals surface area contributed by atoms with Crippen LogP contribution in [0.2, 0.25) is 0 Å². The second kappa shape index (κ2) is 8.20. The highest BCUT2D eigenvalue weighted by Gasteiger charge is 2.30. The van der Waals surface area contributed by atoms with Gasteiger partial charge in [-0.3, -0.25) is 4.68 Å². The van der Waals surface area contributed by atoms with E-state index in [0.29, 0.717) is 5.82 Å². The van der Waals surface area contributed by atoms with E-state index in [1.807, 2.05) is 45.0 Å². The maximum Gasteiger partial charge on any atom is 0.410 e. The Morgan fingerprint density at radius 2 is 2.06 bits per heavy atom. The molecule has 4 heterocycles. The lowest BCUT2D eigenvalue weighted by Gasteiger charge is -2.36. The smallest absolute Gasteiger partial charge is 0.410 e. The van der Waals surface area contributed by atoms with Crippen molar-refractivity contribution in [2.75, 3.05) is 12.3 Å². The minimum absolute atomic E-state index is 0.144. The number of amides is 1. The fourth-order valence-corrected chi connectivity index (χ4v) is 4.11. The van der Waals surface area contributed by atoms with Crippen LogP contribution < -0.4 is 5.73 Å². The molecular weight excluding hydrogens is 394 g/mol. The topological polar surface area (TPSA) is 104 Å². The van der Waals surface area contributed by atoms with Gasteiger partial charge in [0.15, 0.2) is 5.65 Å². The predicted molar refractivity (Wildman–Crippen MR) is 119 cm³/mol. The van der Waals surface area contributed by atoms with Gasteiger partial charge in [0, 0.05) is 48.7 Å². The van der Waals surface area contributed by atoms with Crippen LogP contribution in [0.4, 0.5) is 10.6 Å². The minimum Gasteiger partial charge on any atom is -0.444 e. The molecule has 9 heteroatoms. The fraction of sp³-hybridized carbons (Fsp3) is 0.545. The number of hydrogen-bond donors (Lipinski definition) is 1. The molecule has 1 amide bonds. The molecule has 0 bridgehead atoms. The predicted octanol–water partition coefficient (Wildman–Crippen LogP) is 3.43. The molecule has 1 atom stereocenters. The maximum atomic E-state index is 12.7. The minimum atomic E-state index is -0.495. The molecule has 1 aliphatic rings. The molecule has 2 N–H and O–H groups in total.